The van der Waals surface area contributed by atoms with E-state index in [4.69, 9.17) is 0 Å². The second kappa shape index (κ2) is 5.48. The van der Waals surface area contributed by atoms with Gasteiger partial charge >= 0.3 is 0 Å². The number of hydrogen-bond donors (Lipinski definition) is 2. The van der Waals surface area contributed by atoms with Crippen molar-refractivity contribution in [3.8, 4) is 0 Å². The summed E-state index contributed by atoms with van der Waals surface area (Å²) in [6, 6.07) is -0.108. The van der Waals surface area contributed by atoms with Gasteiger partial charge in [0, 0.05) is 12.1 Å². The molecule has 124 valence electrons. The van der Waals surface area contributed by atoms with Crippen molar-refractivity contribution >= 4 is 5.91 Å². The average Bonchev–Trinajstić information content (AvgIpc) is 2.44. The van der Waals surface area contributed by atoms with Crippen LogP contribution in [0.4, 0.5) is 0 Å². The molecule has 0 radical (unpaired) electrons. The van der Waals surface area contributed by atoms with Crippen LogP contribution < -0.4 is 5.32 Å². The maximum atomic E-state index is 12.8. The first-order chi connectivity index (χ1) is 10.5. The number of carbonyl (C=O) groups is 1. The Bertz CT molecular complexity index is 415. The van der Waals surface area contributed by atoms with Crippen LogP contribution >= 0.6 is 0 Å². The number of β-amino-alcohol motifs (C(OH)–C–C–N with tert-alkyl or cyclic N) is 1. The largest absolute Gasteiger partial charge is 0.392 e. The van der Waals surface area contributed by atoms with Crippen LogP contribution in [0.3, 0.4) is 0 Å². The summed E-state index contributed by atoms with van der Waals surface area (Å²) in [5, 5.41) is 13.3. The molecule has 0 aromatic heterocycles. The van der Waals surface area contributed by atoms with E-state index in [2.05, 4.69) is 10.2 Å². The normalized spacial score (nSPS) is 45.7. The SMILES string of the molecule is CC(C(=O)NC12CC3CC(CC(C3)C1)C2)N1CCCC(O)C1. The quantitative estimate of drug-likeness (QED) is 0.837. The molecule has 22 heavy (non-hydrogen) atoms. The van der Waals surface area contributed by atoms with E-state index in [0.717, 1.165) is 37.1 Å². The summed E-state index contributed by atoms with van der Waals surface area (Å²) in [4.78, 5) is 15.0. The first-order valence-electron chi connectivity index (χ1n) is 9.27. The first kappa shape index (κ1) is 14.9. The molecule has 1 saturated heterocycles. The Hall–Kier alpha value is -0.610. The van der Waals surface area contributed by atoms with Gasteiger partial charge in [-0.3, -0.25) is 9.69 Å². The van der Waals surface area contributed by atoms with Gasteiger partial charge in [-0.25, -0.2) is 0 Å². The number of piperidine rings is 1. The van der Waals surface area contributed by atoms with Crippen molar-refractivity contribution in [2.75, 3.05) is 13.1 Å². The highest BCUT2D eigenvalue weighted by Crippen LogP contribution is 2.55. The molecule has 5 rings (SSSR count). The minimum Gasteiger partial charge on any atom is -0.392 e. The fraction of sp³-hybridized carbons (Fsp3) is 0.944. The maximum absolute atomic E-state index is 12.8. The number of hydrogen-bond acceptors (Lipinski definition) is 3. The summed E-state index contributed by atoms with van der Waals surface area (Å²) in [6.45, 7) is 3.59. The van der Waals surface area contributed by atoms with Crippen molar-refractivity contribution in [2.24, 2.45) is 17.8 Å². The van der Waals surface area contributed by atoms with Gasteiger partial charge in [0.1, 0.15) is 0 Å². The lowest BCUT2D eigenvalue weighted by molar-refractivity contribution is -0.132. The van der Waals surface area contributed by atoms with Gasteiger partial charge in [-0.1, -0.05) is 0 Å². The summed E-state index contributed by atoms with van der Waals surface area (Å²) < 4.78 is 0. The minimum atomic E-state index is -0.261. The van der Waals surface area contributed by atoms with Gasteiger partial charge < -0.3 is 10.4 Å². The van der Waals surface area contributed by atoms with Crippen molar-refractivity contribution in [1.29, 1.82) is 0 Å². The smallest absolute Gasteiger partial charge is 0.237 e. The van der Waals surface area contributed by atoms with Crippen LogP contribution in [0, 0.1) is 17.8 Å². The van der Waals surface area contributed by atoms with Crippen LogP contribution in [0.25, 0.3) is 0 Å². The molecule has 1 aliphatic heterocycles. The number of aliphatic hydroxyl groups excluding tert-OH is 1. The van der Waals surface area contributed by atoms with Gasteiger partial charge in [-0.15, -0.1) is 0 Å². The lowest BCUT2D eigenvalue weighted by Crippen LogP contribution is -2.62. The van der Waals surface area contributed by atoms with E-state index in [1.807, 2.05) is 6.92 Å². The predicted molar refractivity (Wildman–Crippen MR) is 85.3 cm³/mol. The summed E-state index contributed by atoms with van der Waals surface area (Å²) in [7, 11) is 0. The van der Waals surface area contributed by atoms with Crippen molar-refractivity contribution in [3.05, 3.63) is 0 Å². The predicted octanol–water partition coefficient (Wildman–Crippen LogP) is 1.92. The van der Waals surface area contributed by atoms with Crippen LogP contribution in [0.1, 0.15) is 58.3 Å². The highest BCUT2D eigenvalue weighted by Gasteiger charge is 2.51. The highest BCUT2D eigenvalue weighted by atomic mass is 16.3. The molecule has 0 aromatic carbocycles. The van der Waals surface area contributed by atoms with E-state index in [0.29, 0.717) is 6.54 Å². The maximum Gasteiger partial charge on any atom is 0.237 e. The molecule has 4 nitrogen and oxygen atoms in total. The van der Waals surface area contributed by atoms with E-state index in [1.165, 1.54) is 38.5 Å². The zero-order valence-electron chi connectivity index (χ0n) is 13.8. The van der Waals surface area contributed by atoms with Gasteiger partial charge in [0.2, 0.25) is 5.91 Å². The molecule has 0 aromatic rings. The number of likely N-dealkylation sites (tertiary alicyclic amines) is 1. The van der Waals surface area contributed by atoms with Crippen LogP contribution in [-0.4, -0.2) is 46.7 Å². The summed E-state index contributed by atoms with van der Waals surface area (Å²) in [5.74, 6) is 2.77. The van der Waals surface area contributed by atoms with Crippen LogP contribution in [-0.2, 0) is 4.79 Å². The number of nitrogens with one attached hydrogen (secondary N) is 1. The van der Waals surface area contributed by atoms with Crippen molar-refractivity contribution in [1.82, 2.24) is 10.2 Å². The molecule has 1 amide bonds. The second-order valence-corrected chi connectivity index (χ2v) is 8.65. The molecular formula is C18H30N2O2. The monoisotopic (exact) mass is 306 g/mol. The number of nitrogens with zero attached hydrogens (tertiary/aromatic N) is 1. The second-order valence-electron chi connectivity index (χ2n) is 8.65. The van der Waals surface area contributed by atoms with Crippen LogP contribution in [0.5, 0.6) is 0 Å². The lowest BCUT2D eigenvalue weighted by atomic mass is 9.53. The Morgan fingerprint density at radius 1 is 1.18 bits per heavy atom. The topological polar surface area (TPSA) is 52.6 Å². The van der Waals surface area contributed by atoms with Crippen molar-refractivity contribution < 1.29 is 9.90 Å². The Morgan fingerprint density at radius 2 is 1.77 bits per heavy atom. The fourth-order valence-electron chi connectivity index (χ4n) is 6.13. The van der Waals surface area contributed by atoms with Crippen LogP contribution in [0.2, 0.25) is 0 Å². The molecule has 2 N–H and O–H groups in total. The van der Waals surface area contributed by atoms with Crippen LogP contribution in [0.15, 0.2) is 0 Å². The van der Waals surface area contributed by atoms with E-state index < -0.39 is 0 Å². The van der Waals surface area contributed by atoms with E-state index in [9.17, 15) is 9.90 Å². The lowest BCUT2D eigenvalue weighted by Gasteiger charge is -2.57. The standard InChI is InChI=1S/C18H30N2O2/c1-12(20-4-2-3-16(21)11-20)17(22)19-18-8-13-5-14(9-18)7-15(6-13)10-18/h12-16,21H,2-11H2,1H3,(H,19,22). The summed E-state index contributed by atoms with van der Waals surface area (Å²) in [5.41, 5.74) is 0.106. The Kier molecular flexibility index (Phi) is 3.73. The van der Waals surface area contributed by atoms with Gasteiger partial charge in [0.25, 0.3) is 0 Å². The molecule has 5 aliphatic rings. The number of carbonyl (C=O) groups excluding carboxylic acids is 1. The molecular weight excluding hydrogens is 276 g/mol. The minimum absolute atomic E-state index is 0.106. The third kappa shape index (κ3) is 2.69. The number of aliphatic hydroxyl groups is 1. The van der Waals surface area contributed by atoms with Gasteiger partial charge in [-0.05, 0) is 82.6 Å². The molecule has 0 spiro atoms. The molecule has 4 heteroatoms. The molecule has 1 heterocycles. The van der Waals surface area contributed by atoms with E-state index in [-0.39, 0.29) is 23.6 Å². The fourth-order valence-corrected chi connectivity index (χ4v) is 6.13. The van der Waals surface area contributed by atoms with Crippen molar-refractivity contribution in [2.45, 2.75) is 76.0 Å². The van der Waals surface area contributed by atoms with Gasteiger partial charge in [0.15, 0.2) is 0 Å². The Morgan fingerprint density at radius 3 is 2.32 bits per heavy atom. The Balaban J connectivity index is 1.41. The molecule has 4 aliphatic carbocycles. The molecule has 2 unspecified atom stereocenters. The third-order valence-corrected chi connectivity index (χ3v) is 6.78. The molecule has 4 saturated carbocycles. The highest BCUT2D eigenvalue weighted by molar-refractivity contribution is 5.82. The zero-order valence-corrected chi connectivity index (χ0v) is 13.8. The molecule has 4 bridgehead atoms. The number of amides is 1. The van der Waals surface area contributed by atoms with Gasteiger partial charge in [0.05, 0.1) is 12.1 Å². The zero-order chi connectivity index (χ0) is 15.3. The van der Waals surface area contributed by atoms with Gasteiger partial charge in [-0.2, -0.15) is 0 Å². The molecule has 2 atom stereocenters. The summed E-state index contributed by atoms with van der Waals surface area (Å²) >= 11 is 0. The van der Waals surface area contributed by atoms with E-state index in [1.54, 1.807) is 0 Å². The third-order valence-electron chi connectivity index (χ3n) is 6.78. The number of rotatable bonds is 3. The average molecular weight is 306 g/mol. The van der Waals surface area contributed by atoms with E-state index >= 15 is 0 Å². The first-order valence-corrected chi connectivity index (χ1v) is 9.27. The van der Waals surface area contributed by atoms with Crippen molar-refractivity contribution in [3.63, 3.8) is 0 Å². The Labute approximate surface area is 133 Å². The summed E-state index contributed by atoms with van der Waals surface area (Å²) in [6.07, 6.45) is 9.45. The molecule has 5 fully saturated rings.